The first-order chi connectivity index (χ1) is 17.2. The molecule has 2 aromatic carbocycles. The van der Waals surface area contributed by atoms with E-state index in [0.29, 0.717) is 24.3 Å². The maximum absolute atomic E-state index is 13.2. The zero-order valence-electron chi connectivity index (χ0n) is 18.8. The van der Waals surface area contributed by atoms with E-state index in [1.54, 1.807) is 0 Å². The minimum Gasteiger partial charge on any atom is -0.419 e. The number of nitro groups is 1. The molecule has 1 fully saturated rings. The van der Waals surface area contributed by atoms with Crippen LogP contribution in [0.3, 0.4) is 0 Å². The minimum absolute atomic E-state index is 0.105. The number of cyclic esters (lactones) is 2. The number of rotatable bonds is 5. The topological polar surface area (TPSA) is 139 Å². The van der Waals surface area contributed by atoms with Gasteiger partial charge in [-0.15, -0.1) is 0 Å². The summed E-state index contributed by atoms with van der Waals surface area (Å²) in [4.78, 5) is 33.1. The Morgan fingerprint density at radius 3 is 1.87 bits per heavy atom. The van der Waals surface area contributed by atoms with E-state index in [1.807, 2.05) is 0 Å². The van der Waals surface area contributed by atoms with E-state index in [0.717, 1.165) is 0 Å². The van der Waals surface area contributed by atoms with Crippen molar-refractivity contribution in [1.82, 2.24) is 0 Å². The zero-order valence-corrected chi connectivity index (χ0v) is 19.7. The van der Waals surface area contributed by atoms with E-state index in [1.165, 1.54) is 13.8 Å². The van der Waals surface area contributed by atoms with Crippen molar-refractivity contribution in [2.24, 2.45) is 0 Å². The quantitative estimate of drug-likeness (QED) is 0.0960. The Morgan fingerprint density at radius 2 is 1.42 bits per heavy atom. The number of benzene rings is 2. The van der Waals surface area contributed by atoms with Gasteiger partial charge in [-0.2, -0.15) is 34.8 Å². The van der Waals surface area contributed by atoms with Gasteiger partial charge < -0.3 is 13.7 Å². The molecule has 0 aromatic heterocycles. The van der Waals surface area contributed by atoms with Crippen LogP contribution in [-0.4, -0.2) is 31.1 Å². The lowest BCUT2D eigenvalue weighted by Gasteiger charge is -2.29. The van der Waals surface area contributed by atoms with Crippen molar-refractivity contribution < 1.29 is 62.9 Å². The number of nitro benzene ring substituents is 1. The summed E-state index contributed by atoms with van der Waals surface area (Å²) >= 11 is 0. The third-order valence-corrected chi connectivity index (χ3v) is 5.88. The van der Waals surface area contributed by atoms with E-state index in [2.05, 4.69) is 0 Å². The predicted octanol–water partition coefficient (Wildman–Crippen LogP) is 4.62. The number of halogens is 6. The number of nitrogens with zero attached hydrogens (tertiary/aromatic N) is 1. The average molecular weight is 569 g/mol. The van der Waals surface area contributed by atoms with Crippen molar-refractivity contribution in [1.29, 1.82) is 0 Å². The molecule has 0 N–H and O–H groups in total. The van der Waals surface area contributed by atoms with Crippen molar-refractivity contribution in [2.45, 2.75) is 36.9 Å². The highest BCUT2D eigenvalue weighted by atomic mass is 32.2. The Kier molecular flexibility index (Phi) is 6.96. The first kappa shape index (κ1) is 28.4. The van der Waals surface area contributed by atoms with Gasteiger partial charge in [-0.3, -0.25) is 10.1 Å². The van der Waals surface area contributed by atoms with Crippen molar-refractivity contribution >= 4 is 33.8 Å². The molecule has 0 radical (unpaired) electrons. The Hall–Kier alpha value is -4.15. The highest BCUT2D eigenvalue weighted by Gasteiger charge is 2.40. The summed E-state index contributed by atoms with van der Waals surface area (Å²) < 4.78 is 119. The van der Waals surface area contributed by atoms with Crippen LogP contribution in [0.25, 0.3) is 6.08 Å². The maximum Gasteiger partial charge on any atom is 0.416 e. The zero-order chi connectivity index (χ0) is 28.8. The van der Waals surface area contributed by atoms with Gasteiger partial charge in [-0.05, 0) is 30.3 Å². The monoisotopic (exact) mass is 569 g/mol. The molecule has 204 valence electrons. The fraction of sp³-hybridized carbons (Fsp3) is 0.238. The summed E-state index contributed by atoms with van der Waals surface area (Å²) in [5.74, 6) is -5.13. The van der Waals surface area contributed by atoms with Gasteiger partial charge in [0.2, 0.25) is 0 Å². The molecule has 0 spiro atoms. The Bertz CT molecular complexity index is 1420. The van der Waals surface area contributed by atoms with Crippen molar-refractivity contribution in [3.63, 3.8) is 0 Å². The molecule has 1 aliphatic heterocycles. The van der Waals surface area contributed by atoms with Gasteiger partial charge in [0, 0.05) is 31.5 Å². The number of non-ortho nitro benzene ring substituents is 1. The maximum atomic E-state index is 13.2. The van der Waals surface area contributed by atoms with Crippen LogP contribution in [0.1, 0.15) is 30.5 Å². The van der Waals surface area contributed by atoms with E-state index >= 15 is 0 Å². The van der Waals surface area contributed by atoms with Gasteiger partial charge in [0.15, 0.2) is 5.75 Å². The number of carbonyl (C=O) groups excluding carboxylic acids is 2. The lowest BCUT2D eigenvalue weighted by molar-refractivity contribution is -0.384. The van der Waals surface area contributed by atoms with Gasteiger partial charge in [0.05, 0.1) is 16.1 Å². The van der Waals surface area contributed by atoms with E-state index in [9.17, 15) is 54.5 Å². The molecule has 17 heteroatoms. The summed E-state index contributed by atoms with van der Waals surface area (Å²) in [5.41, 5.74) is -6.12. The van der Waals surface area contributed by atoms with Crippen LogP contribution in [0.4, 0.5) is 32.0 Å². The number of hydrogen-bond donors (Lipinski definition) is 0. The summed E-state index contributed by atoms with van der Waals surface area (Å²) in [7, 11) is -5.45. The molecule has 0 aliphatic carbocycles. The molecular weight excluding hydrogens is 556 g/mol. The van der Waals surface area contributed by atoms with Crippen LogP contribution in [0.5, 0.6) is 5.75 Å². The van der Waals surface area contributed by atoms with Crippen LogP contribution in [-0.2, 0) is 41.5 Å². The van der Waals surface area contributed by atoms with Crippen LogP contribution < -0.4 is 4.18 Å². The average Bonchev–Trinajstić information content (AvgIpc) is 2.74. The Labute approximate surface area is 208 Å². The third-order valence-electron chi connectivity index (χ3n) is 4.67. The number of carbonyl (C=O) groups is 2. The standard InChI is InChI=1S/C21H13F6NO9S/c1-19(2)35-17(29)15(18(30)36-19)6-10-5-13(28(31)32)3-4-16(10)37-38(33,34)14-8-11(20(22,23)24)7-12(9-14)21(25,26)27/h3-9H,1-2H3. The SMILES string of the molecule is CC1(C)OC(=O)C(=Cc2cc([N+](=O)[O-])ccc2OS(=O)(=O)c2cc(C(F)(F)F)cc(C(F)(F)F)c2)C(=O)O1. The van der Waals surface area contributed by atoms with Gasteiger partial charge in [-0.25, -0.2) is 9.59 Å². The first-order valence-electron chi connectivity index (χ1n) is 9.90. The highest BCUT2D eigenvalue weighted by molar-refractivity contribution is 7.87. The third kappa shape index (κ3) is 6.21. The molecule has 38 heavy (non-hydrogen) atoms. The molecule has 0 saturated carbocycles. The first-order valence-corrected chi connectivity index (χ1v) is 11.3. The Balaban J connectivity index is 2.15. The molecule has 10 nitrogen and oxygen atoms in total. The molecule has 0 bridgehead atoms. The molecule has 0 amide bonds. The fourth-order valence-corrected chi connectivity index (χ4v) is 4.04. The largest absolute Gasteiger partial charge is 0.419 e. The molecule has 0 atom stereocenters. The van der Waals surface area contributed by atoms with E-state index in [4.69, 9.17) is 13.7 Å². The van der Waals surface area contributed by atoms with Crippen molar-refractivity contribution in [3.8, 4) is 5.75 Å². The lowest BCUT2D eigenvalue weighted by Crippen LogP contribution is -2.41. The van der Waals surface area contributed by atoms with Gasteiger partial charge >= 0.3 is 34.4 Å². The minimum atomic E-state index is -5.45. The summed E-state index contributed by atoms with van der Waals surface area (Å²) in [6, 6.07) is 1.45. The van der Waals surface area contributed by atoms with Crippen LogP contribution in [0, 0.1) is 10.1 Å². The van der Waals surface area contributed by atoms with Gasteiger partial charge in [-0.1, -0.05) is 0 Å². The van der Waals surface area contributed by atoms with Crippen LogP contribution >= 0.6 is 0 Å². The molecule has 0 unspecified atom stereocenters. The summed E-state index contributed by atoms with van der Waals surface area (Å²) in [6.45, 7) is 2.41. The van der Waals surface area contributed by atoms with Gasteiger partial charge in [0.1, 0.15) is 10.5 Å². The second kappa shape index (κ2) is 9.30. The van der Waals surface area contributed by atoms with Crippen LogP contribution in [0.2, 0.25) is 0 Å². The summed E-state index contributed by atoms with van der Waals surface area (Å²) in [5, 5.41) is 11.2. The van der Waals surface area contributed by atoms with E-state index < -0.39 is 83.7 Å². The number of esters is 2. The second-order valence-electron chi connectivity index (χ2n) is 8.00. The molecular formula is C21H13F6NO9S. The number of ether oxygens (including phenoxy) is 2. The van der Waals surface area contributed by atoms with E-state index in [-0.39, 0.29) is 18.2 Å². The molecule has 1 aliphatic rings. The Morgan fingerprint density at radius 1 is 0.921 bits per heavy atom. The molecule has 2 aromatic rings. The smallest absolute Gasteiger partial charge is 0.416 e. The predicted molar refractivity (Wildman–Crippen MR) is 112 cm³/mol. The van der Waals surface area contributed by atoms with Crippen molar-refractivity contribution in [3.05, 3.63) is 68.8 Å². The molecule has 1 heterocycles. The van der Waals surface area contributed by atoms with Crippen molar-refractivity contribution in [2.75, 3.05) is 0 Å². The second-order valence-corrected chi connectivity index (χ2v) is 9.54. The number of hydrogen-bond acceptors (Lipinski definition) is 9. The van der Waals surface area contributed by atoms with Gasteiger partial charge in [0.25, 0.3) is 11.5 Å². The van der Waals surface area contributed by atoms with Crippen LogP contribution in [0.15, 0.2) is 46.9 Å². The lowest BCUT2D eigenvalue weighted by atomic mass is 10.1. The summed E-state index contributed by atoms with van der Waals surface area (Å²) in [6.07, 6.45) is -10.2. The highest BCUT2D eigenvalue weighted by Crippen LogP contribution is 2.38. The molecule has 3 rings (SSSR count). The number of alkyl halides is 6. The normalized spacial score (nSPS) is 15.9. The fourth-order valence-electron chi connectivity index (χ4n) is 3.01. The molecule has 1 saturated heterocycles.